The molecule has 0 N–H and O–H groups in total. The molecule has 0 amide bonds. The second-order valence-electron chi connectivity index (χ2n) is 4.66. The molecular formula is C15H13N3O2. The number of rotatable bonds is 1. The fourth-order valence-corrected chi connectivity index (χ4v) is 2.29. The predicted octanol–water partition coefficient (Wildman–Crippen LogP) is 2.56. The van der Waals surface area contributed by atoms with E-state index in [0.29, 0.717) is 13.2 Å². The third-order valence-corrected chi connectivity index (χ3v) is 3.30. The van der Waals surface area contributed by atoms with E-state index in [1.54, 1.807) is 10.7 Å². The average molecular weight is 267 g/mol. The van der Waals surface area contributed by atoms with Crippen molar-refractivity contribution in [2.24, 2.45) is 0 Å². The minimum atomic E-state index is 0.685. The standard InChI is InChI=1S/C15H13N3O2/c1-8-19-13-4-2-11(10-14(13)20-9-1)12-3-5-15-16-6-7-18(15)17-12/h2-7,10H,1,8-9H2. The Hall–Kier alpha value is -2.56. The van der Waals surface area contributed by atoms with Crippen molar-refractivity contribution in [3.05, 3.63) is 42.7 Å². The highest BCUT2D eigenvalue weighted by Gasteiger charge is 2.12. The van der Waals surface area contributed by atoms with Crippen LogP contribution >= 0.6 is 0 Å². The molecule has 100 valence electrons. The zero-order valence-electron chi connectivity index (χ0n) is 10.8. The molecule has 3 heterocycles. The molecule has 5 nitrogen and oxygen atoms in total. The van der Waals surface area contributed by atoms with Gasteiger partial charge in [-0.1, -0.05) is 0 Å². The van der Waals surface area contributed by atoms with E-state index in [9.17, 15) is 0 Å². The van der Waals surface area contributed by atoms with E-state index in [1.807, 2.05) is 36.5 Å². The smallest absolute Gasteiger partial charge is 0.161 e. The molecule has 0 atom stereocenters. The minimum absolute atomic E-state index is 0.685. The van der Waals surface area contributed by atoms with Crippen LogP contribution in [0.4, 0.5) is 0 Å². The second kappa shape index (κ2) is 4.52. The molecule has 0 fully saturated rings. The minimum Gasteiger partial charge on any atom is -0.490 e. The Kier molecular flexibility index (Phi) is 2.55. The maximum atomic E-state index is 5.71. The Bertz CT molecular complexity index is 767. The molecule has 20 heavy (non-hydrogen) atoms. The van der Waals surface area contributed by atoms with Crippen LogP contribution in [0.25, 0.3) is 16.9 Å². The molecule has 2 aromatic heterocycles. The van der Waals surface area contributed by atoms with Crippen LogP contribution in [0, 0.1) is 0 Å². The van der Waals surface area contributed by atoms with E-state index < -0.39 is 0 Å². The largest absolute Gasteiger partial charge is 0.490 e. The quantitative estimate of drug-likeness (QED) is 0.680. The molecule has 0 saturated carbocycles. The van der Waals surface area contributed by atoms with E-state index in [-0.39, 0.29) is 0 Å². The molecule has 0 saturated heterocycles. The van der Waals surface area contributed by atoms with Gasteiger partial charge in [0, 0.05) is 24.4 Å². The van der Waals surface area contributed by atoms with Crippen molar-refractivity contribution in [1.82, 2.24) is 14.6 Å². The molecule has 0 bridgehead atoms. The summed E-state index contributed by atoms with van der Waals surface area (Å²) in [6.45, 7) is 1.38. The van der Waals surface area contributed by atoms with Crippen molar-refractivity contribution in [2.75, 3.05) is 13.2 Å². The molecular weight excluding hydrogens is 254 g/mol. The van der Waals surface area contributed by atoms with Gasteiger partial charge in [-0.15, -0.1) is 0 Å². The van der Waals surface area contributed by atoms with Gasteiger partial charge in [-0.05, 0) is 30.3 Å². The molecule has 5 heteroatoms. The van der Waals surface area contributed by atoms with E-state index in [4.69, 9.17) is 9.47 Å². The molecule has 0 unspecified atom stereocenters. The van der Waals surface area contributed by atoms with Crippen LogP contribution in [0.5, 0.6) is 11.5 Å². The second-order valence-corrected chi connectivity index (χ2v) is 4.66. The number of hydrogen-bond acceptors (Lipinski definition) is 4. The molecule has 0 spiro atoms. The van der Waals surface area contributed by atoms with Crippen LogP contribution in [0.1, 0.15) is 6.42 Å². The normalized spacial score (nSPS) is 14.2. The summed E-state index contributed by atoms with van der Waals surface area (Å²) in [7, 11) is 0. The third kappa shape index (κ3) is 1.87. The van der Waals surface area contributed by atoms with Crippen molar-refractivity contribution in [3.63, 3.8) is 0 Å². The number of hydrogen-bond donors (Lipinski definition) is 0. The van der Waals surface area contributed by atoms with Gasteiger partial charge in [-0.3, -0.25) is 0 Å². The van der Waals surface area contributed by atoms with Gasteiger partial charge in [0.2, 0.25) is 0 Å². The summed E-state index contributed by atoms with van der Waals surface area (Å²) in [5.41, 5.74) is 2.72. The van der Waals surface area contributed by atoms with Crippen LogP contribution < -0.4 is 9.47 Å². The zero-order chi connectivity index (χ0) is 13.4. The molecule has 1 aromatic carbocycles. The van der Waals surface area contributed by atoms with Crippen molar-refractivity contribution >= 4 is 5.65 Å². The number of nitrogens with zero attached hydrogens (tertiary/aromatic N) is 3. The topological polar surface area (TPSA) is 48.7 Å². The van der Waals surface area contributed by atoms with Crippen LogP contribution in [-0.4, -0.2) is 27.8 Å². The number of imidazole rings is 1. The molecule has 1 aliphatic heterocycles. The summed E-state index contributed by atoms with van der Waals surface area (Å²) >= 11 is 0. The van der Waals surface area contributed by atoms with Gasteiger partial charge in [-0.2, -0.15) is 5.10 Å². The summed E-state index contributed by atoms with van der Waals surface area (Å²) in [6, 6.07) is 9.83. The van der Waals surface area contributed by atoms with Gasteiger partial charge >= 0.3 is 0 Å². The number of benzene rings is 1. The highest BCUT2D eigenvalue weighted by atomic mass is 16.5. The first-order valence-corrected chi connectivity index (χ1v) is 6.60. The highest BCUT2D eigenvalue weighted by molar-refractivity contribution is 5.64. The summed E-state index contributed by atoms with van der Waals surface area (Å²) in [4.78, 5) is 4.19. The van der Waals surface area contributed by atoms with E-state index >= 15 is 0 Å². The summed E-state index contributed by atoms with van der Waals surface area (Å²) in [5, 5.41) is 4.54. The van der Waals surface area contributed by atoms with Gasteiger partial charge in [0.15, 0.2) is 17.1 Å². The molecule has 0 radical (unpaired) electrons. The number of ether oxygens (including phenoxy) is 2. The lowest BCUT2D eigenvalue weighted by Gasteiger charge is -2.09. The van der Waals surface area contributed by atoms with Gasteiger partial charge in [-0.25, -0.2) is 9.50 Å². The fraction of sp³-hybridized carbons (Fsp3) is 0.200. The maximum Gasteiger partial charge on any atom is 0.161 e. The highest BCUT2D eigenvalue weighted by Crippen LogP contribution is 2.33. The average Bonchev–Trinajstić information content (AvgIpc) is 2.83. The predicted molar refractivity (Wildman–Crippen MR) is 74.0 cm³/mol. The van der Waals surface area contributed by atoms with Gasteiger partial charge in [0.25, 0.3) is 0 Å². The van der Waals surface area contributed by atoms with E-state index in [0.717, 1.165) is 34.8 Å². The Balaban J connectivity index is 1.79. The summed E-state index contributed by atoms with van der Waals surface area (Å²) < 4.78 is 13.1. The van der Waals surface area contributed by atoms with Crippen LogP contribution in [0.2, 0.25) is 0 Å². The molecule has 4 rings (SSSR count). The van der Waals surface area contributed by atoms with Crippen molar-refractivity contribution in [2.45, 2.75) is 6.42 Å². The summed E-state index contributed by atoms with van der Waals surface area (Å²) in [6.07, 6.45) is 4.48. The first-order valence-electron chi connectivity index (χ1n) is 6.60. The zero-order valence-corrected chi connectivity index (χ0v) is 10.8. The van der Waals surface area contributed by atoms with E-state index in [1.165, 1.54) is 0 Å². The lowest BCUT2D eigenvalue weighted by atomic mass is 10.1. The maximum absolute atomic E-state index is 5.71. The fourth-order valence-electron chi connectivity index (χ4n) is 2.29. The first kappa shape index (κ1) is 11.3. The number of fused-ring (bicyclic) bond motifs is 2. The Morgan fingerprint density at radius 1 is 1.00 bits per heavy atom. The monoisotopic (exact) mass is 267 g/mol. The van der Waals surface area contributed by atoms with Crippen molar-refractivity contribution < 1.29 is 9.47 Å². The van der Waals surface area contributed by atoms with Crippen LogP contribution in [0.15, 0.2) is 42.7 Å². The Morgan fingerprint density at radius 3 is 2.85 bits per heavy atom. The molecule has 0 aliphatic carbocycles. The first-order chi connectivity index (χ1) is 9.90. The lowest BCUT2D eigenvalue weighted by molar-refractivity contribution is 0.297. The van der Waals surface area contributed by atoms with E-state index in [2.05, 4.69) is 10.1 Å². The van der Waals surface area contributed by atoms with Crippen molar-refractivity contribution in [1.29, 1.82) is 0 Å². The van der Waals surface area contributed by atoms with Crippen LogP contribution in [0.3, 0.4) is 0 Å². The van der Waals surface area contributed by atoms with Crippen molar-refractivity contribution in [3.8, 4) is 22.8 Å². The Labute approximate surface area is 115 Å². The third-order valence-electron chi connectivity index (χ3n) is 3.30. The lowest BCUT2D eigenvalue weighted by Crippen LogP contribution is -1.97. The molecule has 3 aromatic rings. The summed E-state index contributed by atoms with van der Waals surface area (Å²) in [5.74, 6) is 1.59. The Morgan fingerprint density at radius 2 is 1.90 bits per heavy atom. The molecule has 1 aliphatic rings. The SMILES string of the molecule is c1cn2nc(-c3ccc4c(c3)OCCCO4)ccc2n1. The van der Waals surface area contributed by atoms with Gasteiger partial charge in [0.1, 0.15) is 0 Å². The van der Waals surface area contributed by atoms with Gasteiger partial charge in [0.05, 0.1) is 18.9 Å². The number of aromatic nitrogens is 3. The van der Waals surface area contributed by atoms with Gasteiger partial charge < -0.3 is 9.47 Å². The van der Waals surface area contributed by atoms with Crippen LogP contribution in [-0.2, 0) is 0 Å².